The first-order chi connectivity index (χ1) is 10.0. The van der Waals surface area contributed by atoms with Gasteiger partial charge in [-0.2, -0.15) is 0 Å². The van der Waals surface area contributed by atoms with E-state index >= 15 is 0 Å². The van der Waals surface area contributed by atoms with E-state index in [1.165, 1.54) is 18.2 Å². The molecule has 1 aliphatic rings. The van der Waals surface area contributed by atoms with Gasteiger partial charge in [0.25, 0.3) is 0 Å². The molecule has 1 aromatic rings. The average Bonchev–Trinajstić information content (AvgIpc) is 2.87. The molecular weight excluding hydrogens is 310 g/mol. The zero-order valence-electron chi connectivity index (χ0n) is 12.7. The number of nitrogens with zero attached hydrogens (tertiary/aromatic N) is 1. The van der Waals surface area contributed by atoms with Crippen LogP contribution in [0.5, 0.6) is 0 Å². The molecule has 6 heteroatoms. The molecular formula is C16H21ClF2N2O. The number of nitrogens with one attached hydrogen (secondary N) is 1. The fraction of sp³-hybridized carbons (Fsp3) is 0.438. The third-order valence-corrected chi connectivity index (χ3v) is 3.79. The van der Waals surface area contributed by atoms with Crippen LogP contribution in [0, 0.1) is 17.6 Å². The second-order valence-electron chi connectivity index (χ2n) is 5.45. The van der Waals surface area contributed by atoms with Crippen LogP contribution >= 0.6 is 12.4 Å². The van der Waals surface area contributed by atoms with Gasteiger partial charge < -0.3 is 10.2 Å². The molecule has 1 unspecified atom stereocenters. The lowest BCUT2D eigenvalue weighted by molar-refractivity contribution is -0.125. The van der Waals surface area contributed by atoms with Gasteiger partial charge in [0, 0.05) is 30.8 Å². The Bertz CT molecular complexity index is 563. The van der Waals surface area contributed by atoms with Crippen LogP contribution in [0.15, 0.2) is 24.3 Å². The number of hydrogen-bond donors (Lipinski definition) is 1. The predicted octanol–water partition coefficient (Wildman–Crippen LogP) is 2.86. The minimum Gasteiger partial charge on any atom is -0.339 e. The summed E-state index contributed by atoms with van der Waals surface area (Å²) >= 11 is 0. The Labute approximate surface area is 135 Å². The normalized spacial score (nSPS) is 18.3. The zero-order valence-corrected chi connectivity index (χ0v) is 13.6. The van der Waals surface area contributed by atoms with Crippen LogP contribution in [-0.2, 0) is 4.79 Å². The van der Waals surface area contributed by atoms with Crippen molar-refractivity contribution in [2.45, 2.75) is 13.3 Å². The lowest BCUT2D eigenvalue weighted by Crippen LogP contribution is -2.29. The molecule has 0 saturated carbocycles. The maximum Gasteiger partial charge on any atom is 0.246 e. The maximum atomic E-state index is 13.7. The quantitative estimate of drug-likeness (QED) is 0.861. The minimum absolute atomic E-state index is 0. The highest BCUT2D eigenvalue weighted by atomic mass is 35.5. The van der Waals surface area contributed by atoms with Gasteiger partial charge in [0.05, 0.1) is 0 Å². The Morgan fingerprint density at radius 2 is 2.18 bits per heavy atom. The number of carbonyl (C=O) groups excluding carboxylic acids is 1. The minimum atomic E-state index is -0.647. The zero-order chi connectivity index (χ0) is 15.4. The Kier molecular flexibility index (Phi) is 6.97. The van der Waals surface area contributed by atoms with E-state index in [1.807, 2.05) is 7.05 Å². The summed E-state index contributed by atoms with van der Waals surface area (Å²) in [5.41, 5.74) is 0.769. The lowest BCUT2D eigenvalue weighted by Gasteiger charge is -2.15. The molecule has 1 aromatic carbocycles. The number of likely N-dealkylation sites (tertiary alicyclic amines) is 1. The fourth-order valence-corrected chi connectivity index (χ4v) is 2.65. The summed E-state index contributed by atoms with van der Waals surface area (Å²) in [6, 6.07) is 3.38. The summed E-state index contributed by atoms with van der Waals surface area (Å²) in [4.78, 5) is 14.0. The van der Waals surface area contributed by atoms with E-state index in [2.05, 4.69) is 5.32 Å². The Morgan fingerprint density at radius 1 is 1.45 bits per heavy atom. The number of rotatable bonds is 4. The molecule has 0 aliphatic carbocycles. The first kappa shape index (κ1) is 18.6. The van der Waals surface area contributed by atoms with E-state index < -0.39 is 11.6 Å². The SMILES string of the molecule is CNCC1CCN(C(=O)/C=C(/C)c2ccc(F)cc2F)C1.Cl. The number of halogens is 3. The smallest absolute Gasteiger partial charge is 0.246 e. The van der Waals surface area contributed by atoms with Crippen molar-refractivity contribution in [1.29, 1.82) is 0 Å². The van der Waals surface area contributed by atoms with Gasteiger partial charge in [-0.15, -0.1) is 12.4 Å². The van der Waals surface area contributed by atoms with Crippen molar-refractivity contribution in [3.8, 4) is 0 Å². The van der Waals surface area contributed by atoms with E-state index in [9.17, 15) is 13.6 Å². The molecule has 0 bridgehead atoms. The van der Waals surface area contributed by atoms with Crippen molar-refractivity contribution in [2.75, 3.05) is 26.7 Å². The Hall–Kier alpha value is -1.46. The van der Waals surface area contributed by atoms with Gasteiger partial charge in [-0.1, -0.05) is 0 Å². The third-order valence-electron chi connectivity index (χ3n) is 3.79. The van der Waals surface area contributed by atoms with Gasteiger partial charge >= 0.3 is 0 Å². The average molecular weight is 331 g/mol. The van der Waals surface area contributed by atoms with Crippen molar-refractivity contribution in [3.63, 3.8) is 0 Å². The van der Waals surface area contributed by atoms with Gasteiger partial charge in [0.1, 0.15) is 11.6 Å². The number of benzene rings is 1. The largest absolute Gasteiger partial charge is 0.339 e. The maximum absolute atomic E-state index is 13.7. The van der Waals surface area contributed by atoms with Gasteiger partial charge in [-0.25, -0.2) is 8.78 Å². The second-order valence-corrected chi connectivity index (χ2v) is 5.45. The molecule has 1 amide bonds. The highest BCUT2D eigenvalue weighted by Crippen LogP contribution is 2.21. The first-order valence-electron chi connectivity index (χ1n) is 7.08. The van der Waals surface area contributed by atoms with E-state index in [4.69, 9.17) is 0 Å². The first-order valence-corrected chi connectivity index (χ1v) is 7.08. The second kappa shape index (κ2) is 8.25. The van der Waals surface area contributed by atoms with Crippen LogP contribution in [0.2, 0.25) is 0 Å². The molecule has 3 nitrogen and oxygen atoms in total. The topological polar surface area (TPSA) is 32.3 Å². The van der Waals surface area contributed by atoms with Crippen LogP contribution in [0.4, 0.5) is 8.78 Å². The molecule has 1 heterocycles. The van der Waals surface area contributed by atoms with Gasteiger partial charge in [-0.3, -0.25) is 4.79 Å². The van der Waals surface area contributed by atoms with Gasteiger partial charge in [0.15, 0.2) is 0 Å². The van der Waals surface area contributed by atoms with Crippen LogP contribution < -0.4 is 5.32 Å². The molecule has 1 atom stereocenters. The number of allylic oxidation sites excluding steroid dienone is 1. The molecule has 0 spiro atoms. The molecule has 1 N–H and O–H groups in total. The number of hydrogen-bond acceptors (Lipinski definition) is 2. The summed E-state index contributed by atoms with van der Waals surface area (Å²) < 4.78 is 26.6. The summed E-state index contributed by atoms with van der Waals surface area (Å²) in [5.74, 6) is -0.916. The number of amides is 1. The molecule has 22 heavy (non-hydrogen) atoms. The van der Waals surface area contributed by atoms with E-state index in [-0.39, 0.29) is 23.9 Å². The highest BCUT2D eigenvalue weighted by Gasteiger charge is 2.24. The third kappa shape index (κ3) is 4.52. The van der Waals surface area contributed by atoms with Crippen molar-refractivity contribution >= 4 is 23.9 Å². The fourth-order valence-electron chi connectivity index (χ4n) is 2.65. The monoisotopic (exact) mass is 330 g/mol. The molecule has 1 saturated heterocycles. The highest BCUT2D eigenvalue weighted by molar-refractivity contribution is 5.95. The Morgan fingerprint density at radius 3 is 2.82 bits per heavy atom. The summed E-state index contributed by atoms with van der Waals surface area (Å²) in [6.45, 7) is 3.99. The summed E-state index contributed by atoms with van der Waals surface area (Å²) in [7, 11) is 1.89. The van der Waals surface area contributed by atoms with Crippen molar-refractivity contribution in [3.05, 3.63) is 41.5 Å². The van der Waals surface area contributed by atoms with Gasteiger partial charge in [0.2, 0.25) is 5.91 Å². The molecule has 0 aromatic heterocycles. The summed E-state index contributed by atoms with van der Waals surface area (Å²) in [5, 5.41) is 3.11. The molecule has 1 aliphatic heterocycles. The van der Waals surface area contributed by atoms with E-state index in [0.29, 0.717) is 11.5 Å². The van der Waals surface area contributed by atoms with Crippen molar-refractivity contribution < 1.29 is 13.6 Å². The van der Waals surface area contributed by atoms with Crippen LogP contribution in [0.3, 0.4) is 0 Å². The molecule has 0 radical (unpaired) electrons. The molecule has 2 rings (SSSR count). The standard InChI is InChI=1S/C16H20F2N2O.ClH/c1-11(14-4-3-13(17)8-15(14)18)7-16(21)20-6-5-12(10-20)9-19-2;/h3-4,7-8,12,19H,5-6,9-10H2,1-2H3;1H/b11-7-;. The summed E-state index contributed by atoms with van der Waals surface area (Å²) in [6.07, 6.45) is 2.41. The number of carbonyl (C=O) groups is 1. The van der Waals surface area contributed by atoms with Crippen molar-refractivity contribution in [2.24, 2.45) is 5.92 Å². The lowest BCUT2D eigenvalue weighted by atomic mass is 10.1. The Balaban J connectivity index is 0.00000242. The molecule has 122 valence electrons. The predicted molar refractivity (Wildman–Crippen MR) is 85.9 cm³/mol. The van der Waals surface area contributed by atoms with E-state index in [1.54, 1.807) is 11.8 Å². The van der Waals surface area contributed by atoms with Crippen LogP contribution in [0.25, 0.3) is 5.57 Å². The van der Waals surface area contributed by atoms with Crippen LogP contribution in [0.1, 0.15) is 18.9 Å². The van der Waals surface area contributed by atoms with Crippen LogP contribution in [-0.4, -0.2) is 37.5 Å². The van der Waals surface area contributed by atoms with Crippen molar-refractivity contribution in [1.82, 2.24) is 10.2 Å². The molecule has 1 fully saturated rings. The van der Waals surface area contributed by atoms with E-state index in [0.717, 1.165) is 32.1 Å². The van der Waals surface area contributed by atoms with Gasteiger partial charge in [-0.05, 0) is 50.6 Å².